The summed E-state index contributed by atoms with van der Waals surface area (Å²) >= 11 is 0. The molecule has 0 saturated carbocycles. The van der Waals surface area contributed by atoms with Crippen molar-refractivity contribution < 1.29 is 14.3 Å². The highest BCUT2D eigenvalue weighted by atomic mass is 16.5. The van der Waals surface area contributed by atoms with Gasteiger partial charge in [0.2, 0.25) is 0 Å². The third-order valence-electron chi connectivity index (χ3n) is 3.70. The molecule has 2 unspecified atom stereocenters. The van der Waals surface area contributed by atoms with Crippen LogP contribution in [0.15, 0.2) is 0 Å². The molecule has 0 N–H and O–H groups in total. The Labute approximate surface area is 96.9 Å². The maximum atomic E-state index is 11.3. The Hall–Kier alpha value is -0.450. The van der Waals surface area contributed by atoms with E-state index >= 15 is 0 Å². The van der Waals surface area contributed by atoms with Crippen LogP contribution >= 0.6 is 0 Å². The Kier molecular flexibility index (Phi) is 3.95. The highest BCUT2D eigenvalue weighted by molar-refractivity contribution is 5.60. The van der Waals surface area contributed by atoms with E-state index in [0.717, 1.165) is 51.8 Å². The zero-order valence-corrected chi connectivity index (χ0v) is 9.98. The van der Waals surface area contributed by atoms with Gasteiger partial charge in [-0.05, 0) is 19.3 Å². The van der Waals surface area contributed by atoms with Crippen LogP contribution in [0.25, 0.3) is 0 Å². The Morgan fingerprint density at radius 1 is 1.62 bits per heavy atom. The first-order chi connectivity index (χ1) is 7.78. The number of methoxy groups -OCH3 is 1. The molecule has 4 nitrogen and oxygen atoms in total. The summed E-state index contributed by atoms with van der Waals surface area (Å²) in [6.07, 6.45) is 4.48. The summed E-state index contributed by atoms with van der Waals surface area (Å²) in [4.78, 5) is 13.6. The molecule has 0 aliphatic carbocycles. The highest BCUT2D eigenvalue weighted by Gasteiger charge is 2.36. The van der Waals surface area contributed by atoms with E-state index in [4.69, 9.17) is 9.47 Å². The zero-order valence-electron chi connectivity index (χ0n) is 9.98. The first-order valence-electron chi connectivity index (χ1n) is 6.07. The molecular weight excluding hydrogens is 206 g/mol. The van der Waals surface area contributed by atoms with E-state index in [0.29, 0.717) is 12.7 Å². The second kappa shape index (κ2) is 5.25. The van der Waals surface area contributed by atoms with Gasteiger partial charge >= 0.3 is 0 Å². The van der Waals surface area contributed by atoms with E-state index in [2.05, 4.69) is 4.90 Å². The predicted octanol–water partition coefficient (Wildman–Crippen LogP) is 0.703. The quantitative estimate of drug-likeness (QED) is 0.663. The molecule has 0 spiro atoms. The number of likely N-dealkylation sites (tertiary alicyclic amines) is 1. The van der Waals surface area contributed by atoms with Crippen molar-refractivity contribution in [3.8, 4) is 0 Å². The smallest absolute Gasteiger partial charge is 0.129 e. The molecule has 2 saturated heterocycles. The van der Waals surface area contributed by atoms with Crippen molar-refractivity contribution in [3.05, 3.63) is 0 Å². The number of carbonyl (C=O) groups is 1. The second-order valence-corrected chi connectivity index (χ2v) is 5.02. The van der Waals surface area contributed by atoms with Gasteiger partial charge in [0.25, 0.3) is 0 Å². The molecule has 2 aliphatic rings. The number of ether oxygens (including phenoxy) is 2. The molecule has 2 rings (SSSR count). The van der Waals surface area contributed by atoms with Gasteiger partial charge in [-0.3, -0.25) is 4.90 Å². The van der Waals surface area contributed by atoms with Gasteiger partial charge in [-0.2, -0.15) is 0 Å². The molecule has 2 fully saturated rings. The predicted molar refractivity (Wildman–Crippen MR) is 60.4 cm³/mol. The lowest BCUT2D eigenvalue weighted by molar-refractivity contribution is -0.125. The Morgan fingerprint density at radius 2 is 2.50 bits per heavy atom. The lowest BCUT2D eigenvalue weighted by atomic mass is 9.83. The SMILES string of the molecule is COC1CCN(CC2(C=O)CCCOC2)C1. The van der Waals surface area contributed by atoms with Gasteiger partial charge in [0.15, 0.2) is 0 Å². The van der Waals surface area contributed by atoms with Crippen LogP contribution in [0, 0.1) is 5.41 Å². The first-order valence-corrected chi connectivity index (χ1v) is 6.07. The molecule has 16 heavy (non-hydrogen) atoms. The fraction of sp³-hybridized carbons (Fsp3) is 0.917. The third kappa shape index (κ3) is 2.62. The number of aldehydes is 1. The number of hydrogen-bond acceptors (Lipinski definition) is 4. The maximum absolute atomic E-state index is 11.3. The van der Waals surface area contributed by atoms with Gasteiger partial charge in [-0.15, -0.1) is 0 Å². The summed E-state index contributed by atoms with van der Waals surface area (Å²) in [5.74, 6) is 0. The molecular formula is C12H21NO3. The third-order valence-corrected chi connectivity index (χ3v) is 3.70. The summed E-state index contributed by atoms with van der Waals surface area (Å²) in [5.41, 5.74) is -0.263. The van der Waals surface area contributed by atoms with Gasteiger partial charge in [-0.1, -0.05) is 0 Å². The normalized spacial score (nSPS) is 36.4. The molecule has 0 aromatic heterocycles. The van der Waals surface area contributed by atoms with Gasteiger partial charge in [0.1, 0.15) is 6.29 Å². The van der Waals surface area contributed by atoms with Crippen LogP contribution in [0.1, 0.15) is 19.3 Å². The lowest BCUT2D eigenvalue weighted by Gasteiger charge is -2.35. The molecule has 2 atom stereocenters. The molecule has 0 bridgehead atoms. The molecule has 92 valence electrons. The van der Waals surface area contributed by atoms with Gasteiger partial charge in [0, 0.05) is 33.4 Å². The number of rotatable bonds is 4. The minimum Gasteiger partial charge on any atom is -0.380 e. The summed E-state index contributed by atoms with van der Waals surface area (Å²) < 4.78 is 10.8. The number of carbonyl (C=O) groups excluding carboxylic acids is 1. The Bertz CT molecular complexity index is 238. The van der Waals surface area contributed by atoms with Crippen molar-refractivity contribution in [2.75, 3.05) is 40.0 Å². The Balaban J connectivity index is 1.89. The van der Waals surface area contributed by atoms with Crippen molar-refractivity contribution >= 4 is 6.29 Å². The fourth-order valence-electron chi connectivity index (χ4n) is 2.71. The minimum atomic E-state index is -0.263. The average Bonchev–Trinajstić information content (AvgIpc) is 2.78. The van der Waals surface area contributed by atoms with E-state index in [1.54, 1.807) is 7.11 Å². The van der Waals surface area contributed by atoms with E-state index in [9.17, 15) is 4.79 Å². The summed E-state index contributed by atoms with van der Waals surface area (Å²) in [7, 11) is 1.76. The Morgan fingerprint density at radius 3 is 3.06 bits per heavy atom. The van der Waals surface area contributed by atoms with Crippen molar-refractivity contribution in [1.29, 1.82) is 0 Å². The maximum Gasteiger partial charge on any atom is 0.129 e. The van der Waals surface area contributed by atoms with Crippen molar-refractivity contribution in [2.24, 2.45) is 5.41 Å². The first kappa shape index (κ1) is 12.0. The summed E-state index contributed by atoms with van der Waals surface area (Å²) in [6.45, 7) is 4.21. The van der Waals surface area contributed by atoms with E-state index in [1.165, 1.54) is 0 Å². The summed E-state index contributed by atoms with van der Waals surface area (Å²) in [5, 5.41) is 0. The molecule has 0 aromatic carbocycles. The average molecular weight is 227 g/mol. The molecule has 0 amide bonds. The van der Waals surface area contributed by atoms with E-state index < -0.39 is 0 Å². The van der Waals surface area contributed by atoms with Crippen LogP contribution < -0.4 is 0 Å². The molecule has 4 heteroatoms. The van der Waals surface area contributed by atoms with Crippen molar-refractivity contribution in [3.63, 3.8) is 0 Å². The summed E-state index contributed by atoms with van der Waals surface area (Å²) in [6, 6.07) is 0. The van der Waals surface area contributed by atoms with Crippen LogP contribution in [0.2, 0.25) is 0 Å². The minimum absolute atomic E-state index is 0.263. The van der Waals surface area contributed by atoms with E-state index in [-0.39, 0.29) is 5.41 Å². The molecule has 2 heterocycles. The van der Waals surface area contributed by atoms with Crippen LogP contribution in [0.5, 0.6) is 0 Å². The lowest BCUT2D eigenvalue weighted by Crippen LogP contribution is -2.43. The highest BCUT2D eigenvalue weighted by Crippen LogP contribution is 2.29. The van der Waals surface area contributed by atoms with E-state index in [1.807, 2.05) is 0 Å². The van der Waals surface area contributed by atoms with Crippen LogP contribution in [-0.2, 0) is 14.3 Å². The number of hydrogen-bond donors (Lipinski definition) is 0. The monoisotopic (exact) mass is 227 g/mol. The van der Waals surface area contributed by atoms with Gasteiger partial charge in [0.05, 0.1) is 18.1 Å². The fourth-order valence-corrected chi connectivity index (χ4v) is 2.71. The van der Waals surface area contributed by atoms with Gasteiger partial charge in [-0.25, -0.2) is 0 Å². The standard InChI is InChI=1S/C12H21NO3/c1-15-11-3-5-13(7-11)8-12(9-14)4-2-6-16-10-12/h9,11H,2-8,10H2,1H3. The van der Waals surface area contributed by atoms with Crippen LogP contribution in [-0.4, -0.2) is 57.2 Å². The van der Waals surface area contributed by atoms with Crippen LogP contribution in [0.3, 0.4) is 0 Å². The molecule has 2 aliphatic heterocycles. The largest absolute Gasteiger partial charge is 0.380 e. The van der Waals surface area contributed by atoms with Crippen molar-refractivity contribution in [1.82, 2.24) is 4.90 Å². The van der Waals surface area contributed by atoms with Gasteiger partial charge < -0.3 is 14.3 Å². The molecule has 0 radical (unpaired) electrons. The number of nitrogens with zero attached hydrogens (tertiary/aromatic N) is 1. The molecule has 0 aromatic rings. The topological polar surface area (TPSA) is 38.8 Å². The van der Waals surface area contributed by atoms with Crippen LogP contribution in [0.4, 0.5) is 0 Å². The zero-order chi connectivity index (χ0) is 11.4. The van der Waals surface area contributed by atoms with Crippen molar-refractivity contribution in [2.45, 2.75) is 25.4 Å². The second-order valence-electron chi connectivity index (χ2n) is 5.02.